The maximum Gasteiger partial charge on any atom is 0.325 e. The van der Waals surface area contributed by atoms with Crippen LogP contribution in [0.25, 0.3) is 5.65 Å². The summed E-state index contributed by atoms with van der Waals surface area (Å²) in [5.74, 6) is 0.637. The molecule has 1 atom stereocenters. The second-order valence-electron chi connectivity index (χ2n) is 7.18. The molecule has 1 N–H and O–H groups in total. The van der Waals surface area contributed by atoms with Crippen LogP contribution in [0.1, 0.15) is 18.2 Å². The number of pyridine rings is 1. The van der Waals surface area contributed by atoms with Crippen molar-refractivity contribution < 1.29 is 19.1 Å². The Balaban J connectivity index is 1.47. The lowest BCUT2D eigenvalue weighted by molar-refractivity contribution is -0.131. The van der Waals surface area contributed by atoms with Crippen LogP contribution in [0.5, 0.6) is 11.5 Å². The van der Waals surface area contributed by atoms with Crippen LogP contribution in [0.3, 0.4) is 0 Å². The van der Waals surface area contributed by atoms with Crippen molar-refractivity contribution in [3.63, 3.8) is 0 Å². The second-order valence-corrected chi connectivity index (χ2v) is 7.61. The highest BCUT2D eigenvalue weighted by Gasteiger charge is 2.49. The Morgan fingerprint density at radius 1 is 1.13 bits per heavy atom. The average molecular weight is 427 g/mol. The molecule has 0 bridgehead atoms. The van der Waals surface area contributed by atoms with Gasteiger partial charge < -0.3 is 14.8 Å². The first kappa shape index (κ1) is 18.4. The smallest absolute Gasteiger partial charge is 0.325 e. The van der Waals surface area contributed by atoms with Crippen LogP contribution >= 0.6 is 11.6 Å². The molecule has 1 aromatic carbocycles. The molecule has 9 nitrogen and oxygen atoms in total. The van der Waals surface area contributed by atoms with E-state index in [4.69, 9.17) is 21.1 Å². The van der Waals surface area contributed by atoms with Gasteiger partial charge in [0.1, 0.15) is 11.2 Å². The topological polar surface area (TPSA) is 102 Å². The molecule has 3 aromatic rings. The van der Waals surface area contributed by atoms with E-state index in [0.717, 1.165) is 4.90 Å². The number of ether oxygens (including phenoxy) is 2. The van der Waals surface area contributed by atoms with Crippen molar-refractivity contribution in [1.82, 2.24) is 19.6 Å². The van der Waals surface area contributed by atoms with Gasteiger partial charge in [0.25, 0.3) is 11.5 Å². The van der Waals surface area contributed by atoms with Crippen LogP contribution in [0, 0.1) is 0 Å². The molecule has 4 heterocycles. The molecule has 1 saturated heterocycles. The van der Waals surface area contributed by atoms with Gasteiger partial charge in [-0.2, -0.15) is 0 Å². The van der Waals surface area contributed by atoms with Gasteiger partial charge in [-0.15, -0.1) is 0 Å². The number of carbonyl (C=O) groups excluding carboxylic acids is 2. The lowest BCUT2D eigenvalue weighted by atomic mass is 9.91. The van der Waals surface area contributed by atoms with Gasteiger partial charge in [-0.1, -0.05) is 17.7 Å². The maximum atomic E-state index is 13.2. The molecular weight excluding hydrogens is 412 g/mol. The Morgan fingerprint density at radius 3 is 2.77 bits per heavy atom. The summed E-state index contributed by atoms with van der Waals surface area (Å²) in [6, 6.07) is 8.99. The lowest BCUT2D eigenvalue weighted by Crippen LogP contribution is -2.40. The molecule has 10 heteroatoms. The van der Waals surface area contributed by atoms with Gasteiger partial charge in [0.2, 0.25) is 6.79 Å². The van der Waals surface area contributed by atoms with Gasteiger partial charge in [-0.05, 0) is 36.8 Å². The Kier molecular flexibility index (Phi) is 3.97. The van der Waals surface area contributed by atoms with E-state index in [-0.39, 0.29) is 18.9 Å². The predicted octanol–water partition coefficient (Wildman–Crippen LogP) is 2.04. The normalized spacial score (nSPS) is 20.1. The van der Waals surface area contributed by atoms with Crippen molar-refractivity contribution in [3.8, 4) is 11.5 Å². The van der Waals surface area contributed by atoms with Crippen LogP contribution < -0.4 is 20.3 Å². The molecule has 0 saturated carbocycles. The van der Waals surface area contributed by atoms with Gasteiger partial charge in [-0.25, -0.2) is 9.78 Å². The summed E-state index contributed by atoms with van der Waals surface area (Å²) in [7, 11) is 0. The van der Waals surface area contributed by atoms with E-state index in [1.807, 2.05) is 0 Å². The SMILES string of the molecule is CC1(c2ccc3c(c2)OCO3)NC(=O)N(Cc2cc(=O)n3cc(Cl)ccc3n2)C1=O. The van der Waals surface area contributed by atoms with E-state index in [1.165, 1.54) is 16.7 Å². The Morgan fingerprint density at radius 2 is 1.93 bits per heavy atom. The molecule has 3 amide bonds. The number of carbonyl (C=O) groups is 2. The summed E-state index contributed by atoms with van der Waals surface area (Å²) in [5, 5.41) is 3.13. The number of halogens is 1. The van der Waals surface area contributed by atoms with Crippen LogP contribution in [0.15, 0.2) is 47.4 Å². The van der Waals surface area contributed by atoms with Crippen molar-refractivity contribution in [1.29, 1.82) is 0 Å². The number of hydrogen-bond acceptors (Lipinski definition) is 6. The Hall–Kier alpha value is -3.59. The minimum atomic E-state index is -1.28. The fourth-order valence-electron chi connectivity index (χ4n) is 3.61. The molecule has 2 aliphatic rings. The van der Waals surface area contributed by atoms with Crippen LogP contribution in [0.4, 0.5) is 4.79 Å². The van der Waals surface area contributed by atoms with E-state index in [1.54, 1.807) is 37.3 Å². The first-order chi connectivity index (χ1) is 14.3. The summed E-state index contributed by atoms with van der Waals surface area (Å²) >= 11 is 5.92. The number of rotatable bonds is 3. The third-order valence-electron chi connectivity index (χ3n) is 5.22. The minimum Gasteiger partial charge on any atom is -0.454 e. The monoisotopic (exact) mass is 426 g/mol. The minimum absolute atomic E-state index is 0.107. The van der Waals surface area contributed by atoms with E-state index in [9.17, 15) is 14.4 Å². The third kappa shape index (κ3) is 2.78. The third-order valence-corrected chi connectivity index (χ3v) is 5.45. The molecule has 0 aliphatic carbocycles. The van der Waals surface area contributed by atoms with Gasteiger partial charge in [0.05, 0.1) is 17.3 Å². The fraction of sp³-hybridized carbons (Fsp3) is 0.200. The predicted molar refractivity (Wildman–Crippen MR) is 105 cm³/mol. The van der Waals surface area contributed by atoms with E-state index >= 15 is 0 Å². The molecule has 1 unspecified atom stereocenters. The number of amides is 3. The molecule has 0 radical (unpaired) electrons. The van der Waals surface area contributed by atoms with Crippen molar-refractivity contribution in [2.75, 3.05) is 6.79 Å². The van der Waals surface area contributed by atoms with Crippen molar-refractivity contribution in [3.05, 3.63) is 69.2 Å². The molecule has 5 rings (SSSR count). The largest absolute Gasteiger partial charge is 0.454 e. The first-order valence-corrected chi connectivity index (χ1v) is 9.45. The lowest BCUT2D eigenvalue weighted by Gasteiger charge is -2.22. The summed E-state index contributed by atoms with van der Waals surface area (Å²) in [4.78, 5) is 43.6. The zero-order valence-corrected chi connectivity index (χ0v) is 16.5. The summed E-state index contributed by atoms with van der Waals surface area (Å²) < 4.78 is 12.0. The molecular formula is C20H15ClN4O5. The molecule has 2 aromatic heterocycles. The average Bonchev–Trinajstić information content (AvgIpc) is 3.27. The van der Waals surface area contributed by atoms with E-state index < -0.39 is 17.5 Å². The number of nitrogens with zero attached hydrogens (tertiary/aromatic N) is 3. The number of urea groups is 1. The number of aromatic nitrogens is 2. The maximum absolute atomic E-state index is 13.2. The van der Waals surface area contributed by atoms with E-state index in [2.05, 4.69) is 10.3 Å². The highest BCUT2D eigenvalue weighted by molar-refractivity contribution is 6.30. The van der Waals surface area contributed by atoms with E-state index in [0.29, 0.717) is 33.4 Å². The van der Waals surface area contributed by atoms with Crippen molar-refractivity contribution >= 4 is 29.2 Å². The Labute approximate surface area is 174 Å². The zero-order valence-electron chi connectivity index (χ0n) is 15.7. The summed E-state index contributed by atoms with van der Waals surface area (Å²) in [6.07, 6.45) is 1.46. The molecule has 152 valence electrons. The second kappa shape index (κ2) is 6.46. The Bertz CT molecular complexity index is 1290. The summed E-state index contributed by atoms with van der Waals surface area (Å²) in [5.41, 5.74) is -0.414. The van der Waals surface area contributed by atoms with Crippen LogP contribution in [-0.2, 0) is 16.9 Å². The first-order valence-electron chi connectivity index (χ1n) is 9.07. The van der Waals surface area contributed by atoms with Crippen LogP contribution in [-0.4, -0.2) is 33.0 Å². The molecule has 0 spiro atoms. The summed E-state index contributed by atoms with van der Waals surface area (Å²) in [6.45, 7) is 1.59. The van der Waals surface area contributed by atoms with Gasteiger partial charge in [-0.3, -0.25) is 18.9 Å². The van der Waals surface area contributed by atoms with Crippen LogP contribution in [0.2, 0.25) is 5.02 Å². The molecule has 1 fully saturated rings. The number of benzene rings is 1. The number of imide groups is 1. The number of nitrogens with one attached hydrogen (secondary N) is 1. The highest BCUT2D eigenvalue weighted by atomic mass is 35.5. The molecule has 2 aliphatic heterocycles. The van der Waals surface area contributed by atoms with Gasteiger partial charge >= 0.3 is 6.03 Å². The number of fused-ring (bicyclic) bond motifs is 2. The van der Waals surface area contributed by atoms with Gasteiger partial charge in [0, 0.05) is 12.3 Å². The highest BCUT2D eigenvalue weighted by Crippen LogP contribution is 2.38. The standard InChI is InChI=1S/C20H15ClN4O5/c1-20(11-2-4-14-15(6-11)30-10-29-14)18(27)25(19(28)23-20)9-13-7-17(26)24-8-12(21)3-5-16(24)22-13/h2-8H,9-10H2,1H3,(H,23,28). The quantitative estimate of drug-likeness (QED) is 0.643. The molecule has 30 heavy (non-hydrogen) atoms. The fourth-order valence-corrected chi connectivity index (χ4v) is 3.77. The van der Waals surface area contributed by atoms with Gasteiger partial charge in [0.15, 0.2) is 11.5 Å². The number of hydrogen-bond donors (Lipinski definition) is 1. The zero-order chi connectivity index (χ0) is 21.0. The van der Waals surface area contributed by atoms with Crippen molar-refractivity contribution in [2.45, 2.75) is 19.0 Å². The van der Waals surface area contributed by atoms with Crippen molar-refractivity contribution in [2.24, 2.45) is 0 Å².